The average Bonchev–Trinajstić information content (AvgIpc) is 3.35. The summed E-state index contributed by atoms with van der Waals surface area (Å²) in [5, 5.41) is 4.74. The molecule has 0 aliphatic carbocycles. The molecule has 146 valence electrons. The van der Waals surface area contributed by atoms with E-state index in [-0.39, 0.29) is 11.7 Å². The molecule has 0 atom stereocenters. The number of thiophene rings is 1. The number of nitrogens with one attached hydrogen (secondary N) is 1. The lowest BCUT2D eigenvalue weighted by atomic mass is 10.2. The van der Waals surface area contributed by atoms with Gasteiger partial charge in [0.05, 0.1) is 17.1 Å². The van der Waals surface area contributed by atoms with E-state index in [0.29, 0.717) is 18.1 Å². The number of hydrogen-bond donors (Lipinski definition) is 1. The number of benzene rings is 1. The van der Waals surface area contributed by atoms with Crippen LogP contribution in [0.15, 0.2) is 52.5 Å². The highest BCUT2D eigenvalue weighted by Gasteiger charge is 2.20. The van der Waals surface area contributed by atoms with Crippen molar-refractivity contribution in [3.05, 3.63) is 59.6 Å². The number of piperazine rings is 1. The summed E-state index contributed by atoms with van der Waals surface area (Å²) in [6.45, 7) is 4.34. The van der Waals surface area contributed by atoms with Gasteiger partial charge < -0.3 is 9.73 Å². The van der Waals surface area contributed by atoms with Crippen LogP contribution in [-0.4, -0.2) is 53.4 Å². The van der Waals surface area contributed by atoms with Gasteiger partial charge >= 0.3 is 0 Å². The second kappa shape index (κ2) is 8.64. The topological polar surface area (TPSA) is 61.6 Å². The van der Waals surface area contributed by atoms with Crippen LogP contribution in [0.1, 0.15) is 5.69 Å². The zero-order valence-corrected chi connectivity index (χ0v) is 16.1. The maximum Gasteiger partial charge on any atom is 0.238 e. The molecule has 1 N–H and O–H groups in total. The Morgan fingerprint density at radius 1 is 1.18 bits per heavy atom. The number of carbonyl (C=O) groups is 1. The van der Waals surface area contributed by atoms with Crippen molar-refractivity contribution in [3.8, 4) is 10.8 Å². The fourth-order valence-corrected chi connectivity index (χ4v) is 3.85. The molecule has 1 aromatic carbocycles. The van der Waals surface area contributed by atoms with Crippen LogP contribution in [0, 0.1) is 5.82 Å². The number of nitrogens with zero attached hydrogens (tertiary/aromatic N) is 3. The third-order valence-corrected chi connectivity index (χ3v) is 5.47. The summed E-state index contributed by atoms with van der Waals surface area (Å²) >= 11 is 1.61. The number of aromatic nitrogens is 1. The second-order valence-electron chi connectivity index (χ2n) is 6.73. The Balaban J connectivity index is 1.23. The van der Waals surface area contributed by atoms with Crippen LogP contribution >= 0.6 is 11.3 Å². The summed E-state index contributed by atoms with van der Waals surface area (Å²) in [5.41, 5.74) is 1.40. The van der Waals surface area contributed by atoms with E-state index in [1.165, 1.54) is 12.1 Å². The van der Waals surface area contributed by atoms with Gasteiger partial charge in [0.15, 0.2) is 0 Å². The van der Waals surface area contributed by atoms with Crippen LogP contribution < -0.4 is 5.32 Å². The highest BCUT2D eigenvalue weighted by molar-refractivity contribution is 7.13. The van der Waals surface area contributed by atoms with E-state index >= 15 is 0 Å². The first kappa shape index (κ1) is 18.8. The van der Waals surface area contributed by atoms with Crippen molar-refractivity contribution in [3.63, 3.8) is 0 Å². The standard InChI is InChI=1S/C20H21FN4O2S/c21-15-3-1-4-16(11-15)22-19(26)13-25-8-6-24(7-9-25)12-17-14-27-20(23-17)18-5-2-10-28-18/h1-5,10-11,14H,6-9,12-13H2,(H,22,26). The molecule has 6 nitrogen and oxygen atoms in total. The van der Waals surface area contributed by atoms with Crippen molar-refractivity contribution in [2.75, 3.05) is 38.0 Å². The normalized spacial score (nSPS) is 15.6. The lowest BCUT2D eigenvalue weighted by molar-refractivity contribution is -0.117. The van der Waals surface area contributed by atoms with Crippen molar-refractivity contribution in [2.45, 2.75) is 6.54 Å². The monoisotopic (exact) mass is 400 g/mol. The van der Waals surface area contributed by atoms with Crippen LogP contribution in [0.5, 0.6) is 0 Å². The number of hydrogen-bond acceptors (Lipinski definition) is 6. The molecule has 28 heavy (non-hydrogen) atoms. The molecule has 0 unspecified atom stereocenters. The first-order chi connectivity index (χ1) is 13.7. The fraction of sp³-hybridized carbons (Fsp3) is 0.300. The molecular formula is C20H21FN4O2S. The molecule has 1 aliphatic heterocycles. The maximum absolute atomic E-state index is 13.2. The zero-order valence-electron chi connectivity index (χ0n) is 15.3. The SMILES string of the molecule is O=C(CN1CCN(Cc2coc(-c3cccs3)n2)CC1)Nc1cccc(F)c1. The molecule has 2 aromatic heterocycles. The Morgan fingerprint density at radius 3 is 2.75 bits per heavy atom. The van der Waals surface area contributed by atoms with E-state index in [4.69, 9.17) is 4.42 Å². The van der Waals surface area contributed by atoms with Gasteiger partial charge in [0.2, 0.25) is 11.8 Å². The van der Waals surface area contributed by atoms with E-state index in [0.717, 1.165) is 43.3 Å². The number of anilines is 1. The molecule has 0 saturated carbocycles. The van der Waals surface area contributed by atoms with Gasteiger partial charge in [-0.1, -0.05) is 12.1 Å². The minimum Gasteiger partial charge on any atom is -0.444 e. The van der Waals surface area contributed by atoms with Crippen LogP contribution in [0.3, 0.4) is 0 Å². The summed E-state index contributed by atoms with van der Waals surface area (Å²) in [6.07, 6.45) is 1.72. The molecule has 3 heterocycles. The van der Waals surface area contributed by atoms with Gasteiger partial charge in [-0.3, -0.25) is 14.6 Å². The average molecular weight is 400 g/mol. The molecule has 4 rings (SSSR count). The zero-order chi connectivity index (χ0) is 19.3. The molecular weight excluding hydrogens is 379 g/mol. The Hall–Kier alpha value is -2.55. The Kier molecular flexibility index (Phi) is 5.80. The van der Waals surface area contributed by atoms with Crippen LogP contribution in [0.4, 0.5) is 10.1 Å². The minimum absolute atomic E-state index is 0.129. The summed E-state index contributed by atoms with van der Waals surface area (Å²) < 4.78 is 18.8. The third-order valence-electron chi connectivity index (χ3n) is 4.61. The quantitative estimate of drug-likeness (QED) is 0.688. The molecule has 0 bridgehead atoms. The van der Waals surface area contributed by atoms with Gasteiger partial charge in [0, 0.05) is 38.4 Å². The highest BCUT2D eigenvalue weighted by atomic mass is 32.1. The molecule has 0 spiro atoms. The van der Waals surface area contributed by atoms with Gasteiger partial charge in [-0.2, -0.15) is 0 Å². The minimum atomic E-state index is -0.360. The summed E-state index contributed by atoms with van der Waals surface area (Å²) in [5.74, 6) is 0.176. The largest absolute Gasteiger partial charge is 0.444 e. The van der Waals surface area contributed by atoms with Crippen molar-refractivity contribution in [2.24, 2.45) is 0 Å². The lowest BCUT2D eigenvalue weighted by Crippen LogP contribution is -2.48. The first-order valence-corrected chi connectivity index (χ1v) is 10.0. The lowest BCUT2D eigenvalue weighted by Gasteiger charge is -2.33. The van der Waals surface area contributed by atoms with Crippen molar-refractivity contribution in [1.82, 2.24) is 14.8 Å². The summed E-state index contributed by atoms with van der Waals surface area (Å²) in [6, 6.07) is 9.91. The van der Waals surface area contributed by atoms with Gasteiger partial charge in [0.25, 0.3) is 0 Å². The highest BCUT2D eigenvalue weighted by Crippen LogP contribution is 2.24. The molecule has 1 saturated heterocycles. The van der Waals surface area contributed by atoms with E-state index in [2.05, 4.69) is 20.1 Å². The Morgan fingerprint density at radius 2 is 2.00 bits per heavy atom. The van der Waals surface area contributed by atoms with Crippen LogP contribution in [0.2, 0.25) is 0 Å². The fourth-order valence-electron chi connectivity index (χ4n) is 3.20. The number of amides is 1. The van der Waals surface area contributed by atoms with Crippen molar-refractivity contribution >= 4 is 22.9 Å². The predicted octanol–water partition coefficient (Wildman–Crippen LogP) is 3.30. The number of halogens is 1. The molecule has 1 aliphatic rings. The summed E-state index contributed by atoms with van der Waals surface area (Å²) in [7, 11) is 0. The van der Waals surface area contributed by atoms with Gasteiger partial charge in [-0.05, 0) is 29.6 Å². The van der Waals surface area contributed by atoms with Crippen molar-refractivity contribution < 1.29 is 13.6 Å². The van der Waals surface area contributed by atoms with Gasteiger partial charge in [-0.15, -0.1) is 11.3 Å². The van der Waals surface area contributed by atoms with Gasteiger partial charge in [-0.25, -0.2) is 9.37 Å². The van der Waals surface area contributed by atoms with Crippen molar-refractivity contribution in [1.29, 1.82) is 0 Å². The molecule has 3 aromatic rings. The summed E-state index contributed by atoms with van der Waals surface area (Å²) in [4.78, 5) is 22.2. The van der Waals surface area contributed by atoms with E-state index < -0.39 is 0 Å². The third kappa shape index (κ3) is 4.83. The second-order valence-corrected chi connectivity index (χ2v) is 7.68. The molecule has 8 heteroatoms. The van der Waals surface area contributed by atoms with Crippen LogP contribution in [0.25, 0.3) is 10.8 Å². The number of carbonyl (C=O) groups excluding carboxylic acids is 1. The molecule has 1 fully saturated rings. The van der Waals surface area contributed by atoms with Crippen LogP contribution in [-0.2, 0) is 11.3 Å². The smallest absolute Gasteiger partial charge is 0.238 e. The maximum atomic E-state index is 13.2. The van der Waals surface area contributed by atoms with E-state index in [1.54, 1.807) is 29.7 Å². The number of oxazole rings is 1. The molecule has 0 radical (unpaired) electrons. The van der Waals surface area contributed by atoms with Gasteiger partial charge in [0.1, 0.15) is 12.1 Å². The first-order valence-electron chi connectivity index (χ1n) is 9.14. The molecule has 1 amide bonds. The van der Waals surface area contributed by atoms with E-state index in [1.807, 2.05) is 17.5 Å². The Bertz CT molecular complexity index is 920. The predicted molar refractivity (Wildman–Crippen MR) is 107 cm³/mol. The van der Waals surface area contributed by atoms with E-state index in [9.17, 15) is 9.18 Å². The Labute approximate surface area is 166 Å². The number of rotatable bonds is 6.